The summed E-state index contributed by atoms with van der Waals surface area (Å²) in [5.74, 6) is 1.89. The van der Waals surface area contributed by atoms with E-state index in [1.807, 2.05) is 68.4 Å². The fourth-order valence-corrected chi connectivity index (χ4v) is 2.48. The van der Waals surface area contributed by atoms with Crippen molar-refractivity contribution in [3.63, 3.8) is 0 Å². The number of ether oxygens (including phenoxy) is 2. The van der Waals surface area contributed by atoms with Crippen LogP contribution in [0.25, 0.3) is 0 Å². The number of nitrogens with zero attached hydrogens (tertiary/aromatic N) is 1. The fourth-order valence-electron chi connectivity index (χ4n) is 2.48. The maximum atomic E-state index is 12.0. The van der Waals surface area contributed by atoms with Crippen LogP contribution in [0.4, 0.5) is 0 Å². The maximum Gasteiger partial charge on any atom is 0.258 e. The van der Waals surface area contributed by atoms with Gasteiger partial charge < -0.3 is 14.8 Å². The smallest absolute Gasteiger partial charge is 0.258 e. The molecule has 0 saturated heterocycles. The third kappa shape index (κ3) is 5.57. The minimum absolute atomic E-state index is 0.0602. The van der Waals surface area contributed by atoms with Crippen molar-refractivity contribution in [1.82, 2.24) is 10.3 Å². The van der Waals surface area contributed by atoms with Crippen molar-refractivity contribution in [2.24, 2.45) is 0 Å². The summed E-state index contributed by atoms with van der Waals surface area (Å²) in [6, 6.07) is 20.4. The molecule has 27 heavy (non-hydrogen) atoms. The first-order valence-electron chi connectivity index (χ1n) is 8.78. The van der Waals surface area contributed by atoms with Gasteiger partial charge in [-0.2, -0.15) is 0 Å². The normalized spacial score (nSPS) is 11.5. The zero-order valence-corrected chi connectivity index (χ0v) is 15.4. The topological polar surface area (TPSA) is 60.5 Å². The molecule has 0 saturated carbocycles. The van der Waals surface area contributed by atoms with Gasteiger partial charge in [-0.05, 0) is 62.4 Å². The lowest BCUT2D eigenvalue weighted by Gasteiger charge is -2.14. The Morgan fingerprint density at radius 2 is 1.59 bits per heavy atom. The predicted molar refractivity (Wildman–Crippen MR) is 104 cm³/mol. The SMILES string of the molecule is Cc1ccc(Oc2ccc(OCC(=O)N[C@H](C)c3ccccn3)cc2)cc1. The summed E-state index contributed by atoms with van der Waals surface area (Å²) < 4.78 is 11.3. The van der Waals surface area contributed by atoms with Gasteiger partial charge in [0.1, 0.15) is 17.2 Å². The van der Waals surface area contributed by atoms with Gasteiger partial charge in [0.15, 0.2) is 6.61 Å². The second-order valence-corrected chi connectivity index (χ2v) is 6.22. The fraction of sp³-hybridized carbons (Fsp3) is 0.182. The molecule has 0 radical (unpaired) electrons. The second-order valence-electron chi connectivity index (χ2n) is 6.22. The molecule has 1 amide bonds. The van der Waals surface area contributed by atoms with Crippen molar-refractivity contribution in [3.05, 3.63) is 84.2 Å². The Bertz CT molecular complexity index is 862. The molecule has 1 atom stereocenters. The highest BCUT2D eigenvalue weighted by Gasteiger charge is 2.10. The van der Waals surface area contributed by atoms with Crippen LogP contribution in [0, 0.1) is 6.92 Å². The van der Waals surface area contributed by atoms with Crippen molar-refractivity contribution < 1.29 is 14.3 Å². The van der Waals surface area contributed by atoms with Gasteiger partial charge in [-0.25, -0.2) is 0 Å². The molecule has 1 N–H and O–H groups in total. The van der Waals surface area contributed by atoms with Gasteiger partial charge in [0.05, 0.1) is 11.7 Å². The number of rotatable bonds is 7. The lowest BCUT2D eigenvalue weighted by atomic mass is 10.2. The van der Waals surface area contributed by atoms with Crippen LogP contribution in [0.5, 0.6) is 17.2 Å². The first-order valence-corrected chi connectivity index (χ1v) is 8.78. The molecular weight excluding hydrogens is 340 g/mol. The molecule has 5 nitrogen and oxygen atoms in total. The second kappa shape index (κ2) is 8.85. The van der Waals surface area contributed by atoms with E-state index in [2.05, 4.69) is 10.3 Å². The van der Waals surface area contributed by atoms with Gasteiger partial charge in [-0.1, -0.05) is 23.8 Å². The molecule has 0 unspecified atom stereocenters. The number of hydrogen-bond acceptors (Lipinski definition) is 4. The Kier molecular flexibility index (Phi) is 6.05. The van der Waals surface area contributed by atoms with E-state index in [0.717, 1.165) is 11.4 Å². The van der Waals surface area contributed by atoms with Crippen LogP contribution in [0.2, 0.25) is 0 Å². The first-order chi connectivity index (χ1) is 13.1. The van der Waals surface area contributed by atoms with E-state index < -0.39 is 0 Å². The molecule has 0 spiro atoms. The Morgan fingerprint density at radius 1 is 0.963 bits per heavy atom. The Hall–Kier alpha value is -3.34. The highest BCUT2D eigenvalue weighted by atomic mass is 16.5. The monoisotopic (exact) mass is 362 g/mol. The van der Waals surface area contributed by atoms with Gasteiger partial charge in [0.2, 0.25) is 0 Å². The molecule has 2 aromatic carbocycles. The van der Waals surface area contributed by atoms with E-state index in [4.69, 9.17) is 9.47 Å². The average molecular weight is 362 g/mol. The highest BCUT2D eigenvalue weighted by Crippen LogP contribution is 2.24. The number of nitrogens with one attached hydrogen (secondary N) is 1. The number of carbonyl (C=O) groups is 1. The summed E-state index contributed by atoms with van der Waals surface area (Å²) in [6.45, 7) is 3.86. The number of amides is 1. The number of hydrogen-bond donors (Lipinski definition) is 1. The van der Waals surface area contributed by atoms with Crippen LogP contribution in [0.15, 0.2) is 72.9 Å². The molecule has 3 aromatic rings. The summed E-state index contributed by atoms with van der Waals surface area (Å²) in [4.78, 5) is 16.3. The Labute approximate surface area is 159 Å². The number of aryl methyl sites for hydroxylation is 1. The maximum absolute atomic E-state index is 12.0. The summed E-state index contributed by atoms with van der Waals surface area (Å²) in [5.41, 5.74) is 1.99. The average Bonchev–Trinajstić information content (AvgIpc) is 2.70. The van der Waals surface area contributed by atoms with Crippen LogP contribution in [-0.4, -0.2) is 17.5 Å². The molecule has 0 aliphatic carbocycles. The van der Waals surface area contributed by atoms with Crippen molar-refractivity contribution in [2.75, 3.05) is 6.61 Å². The molecule has 1 aromatic heterocycles. The number of carbonyl (C=O) groups excluding carboxylic acids is 1. The summed E-state index contributed by atoms with van der Waals surface area (Å²) in [7, 11) is 0. The minimum atomic E-state index is -0.201. The van der Waals surface area contributed by atoms with Crippen LogP contribution < -0.4 is 14.8 Å². The van der Waals surface area contributed by atoms with E-state index >= 15 is 0 Å². The lowest BCUT2D eigenvalue weighted by Crippen LogP contribution is -2.31. The van der Waals surface area contributed by atoms with E-state index in [1.54, 1.807) is 18.3 Å². The van der Waals surface area contributed by atoms with Crippen LogP contribution in [-0.2, 0) is 4.79 Å². The van der Waals surface area contributed by atoms with E-state index in [1.165, 1.54) is 5.56 Å². The molecule has 0 bridgehead atoms. The molecule has 0 aliphatic heterocycles. The van der Waals surface area contributed by atoms with Gasteiger partial charge in [0.25, 0.3) is 5.91 Å². The summed E-state index contributed by atoms with van der Waals surface area (Å²) >= 11 is 0. The highest BCUT2D eigenvalue weighted by molar-refractivity contribution is 5.77. The van der Waals surface area contributed by atoms with E-state index in [-0.39, 0.29) is 18.6 Å². The standard InChI is InChI=1S/C22H22N2O3/c1-16-6-8-19(9-7-16)27-20-12-10-18(11-13-20)26-15-22(25)24-17(2)21-5-3-4-14-23-21/h3-14,17H,15H2,1-2H3,(H,24,25)/t17-/m1/s1. The molecule has 3 rings (SSSR count). The zero-order valence-electron chi connectivity index (χ0n) is 15.4. The number of pyridine rings is 1. The molecular formula is C22H22N2O3. The summed E-state index contributed by atoms with van der Waals surface area (Å²) in [6.07, 6.45) is 1.70. The number of benzene rings is 2. The Morgan fingerprint density at radius 3 is 2.22 bits per heavy atom. The van der Waals surface area contributed by atoms with Gasteiger partial charge >= 0.3 is 0 Å². The van der Waals surface area contributed by atoms with Crippen LogP contribution >= 0.6 is 0 Å². The Balaban J connectivity index is 1.48. The number of aromatic nitrogens is 1. The van der Waals surface area contributed by atoms with Crippen molar-refractivity contribution in [2.45, 2.75) is 19.9 Å². The molecule has 5 heteroatoms. The minimum Gasteiger partial charge on any atom is -0.484 e. The van der Waals surface area contributed by atoms with Gasteiger partial charge in [-0.3, -0.25) is 9.78 Å². The third-order valence-corrected chi connectivity index (χ3v) is 3.96. The molecule has 0 aliphatic rings. The first kappa shape index (κ1) is 18.5. The van der Waals surface area contributed by atoms with Gasteiger partial charge in [-0.15, -0.1) is 0 Å². The van der Waals surface area contributed by atoms with Crippen molar-refractivity contribution >= 4 is 5.91 Å². The van der Waals surface area contributed by atoms with Crippen molar-refractivity contribution in [1.29, 1.82) is 0 Å². The van der Waals surface area contributed by atoms with Gasteiger partial charge in [0, 0.05) is 6.20 Å². The quantitative estimate of drug-likeness (QED) is 0.675. The molecule has 1 heterocycles. The zero-order chi connectivity index (χ0) is 19.1. The van der Waals surface area contributed by atoms with Crippen LogP contribution in [0.1, 0.15) is 24.2 Å². The van der Waals surface area contributed by atoms with Crippen molar-refractivity contribution in [3.8, 4) is 17.2 Å². The predicted octanol–water partition coefficient (Wildman–Crippen LogP) is 4.44. The van der Waals surface area contributed by atoms with Crippen LogP contribution in [0.3, 0.4) is 0 Å². The van der Waals surface area contributed by atoms with E-state index in [0.29, 0.717) is 11.5 Å². The molecule has 138 valence electrons. The molecule has 0 fully saturated rings. The largest absolute Gasteiger partial charge is 0.484 e. The summed E-state index contributed by atoms with van der Waals surface area (Å²) in [5, 5.41) is 2.86. The third-order valence-electron chi connectivity index (χ3n) is 3.96. The lowest BCUT2D eigenvalue weighted by molar-refractivity contribution is -0.123. The van der Waals surface area contributed by atoms with E-state index in [9.17, 15) is 4.79 Å².